The lowest BCUT2D eigenvalue weighted by atomic mass is 10.3. The number of nitrogens with zero attached hydrogens (tertiary/aromatic N) is 1. The van der Waals surface area contributed by atoms with Crippen molar-refractivity contribution in [2.24, 2.45) is 0 Å². The molecule has 0 radical (unpaired) electrons. The van der Waals surface area contributed by atoms with Crippen molar-refractivity contribution < 1.29 is 22.8 Å². The first kappa shape index (κ1) is 18.0. The minimum absolute atomic E-state index is 0.730. The van der Waals surface area contributed by atoms with Crippen LogP contribution in [0.15, 0.2) is 0 Å². The molecule has 20 heavy (non-hydrogen) atoms. The Labute approximate surface area is 123 Å². The maximum atomic E-state index is 5.65. The van der Waals surface area contributed by atoms with Gasteiger partial charge in [-0.25, -0.2) is 0 Å². The monoisotopic (exact) mass is 307 g/mol. The second-order valence-corrected chi connectivity index (χ2v) is 7.91. The molecule has 0 aromatic rings. The first-order valence-corrected chi connectivity index (χ1v) is 9.23. The Bertz CT molecular complexity index is 227. The number of hydrogen-bond acceptors (Lipinski definition) is 6. The van der Waals surface area contributed by atoms with Crippen LogP contribution in [0.25, 0.3) is 0 Å². The Morgan fingerprint density at radius 1 is 0.950 bits per heavy atom. The molecule has 120 valence electrons. The molecule has 1 rings (SSSR count). The van der Waals surface area contributed by atoms with Crippen molar-refractivity contribution in [1.29, 1.82) is 0 Å². The number of ether oxygens (including phenoxy) is 2. The van der Waals surface area contributed by atoms with Gasteiger partial charge in [-0.2, -0.15) is 0 Å². The van der Waals surface area contributed by atoms with E-state index in [1.54, 1.807) is 21.3 Å². The van der Waals surface area contributed by atoms with Crippen LogP contribution in [0.5, 0.6) is 0 Å². The lowest BCUT2D eigenvalue weighted by Crippen LogP contribution is -2.42. The van der Waals surface area contributed by atoms with Crippen LogP contribution in [-0.4, -0.2) is 81.1 Å². The summed E-state index contributed by atoms with van der Waals surface area (Å²) in [6.07, 6.45) is 1.97. The fourth-order valence-corrected chi connectivity index (χ4v) is 3.95. The highest BCUT2D eigenvalue weighted by Crippen LogP contribution is 2.14. The Hall–Kier alpha value is -0.0231. The summed E-state index contributed by atoms with van der Waals surface area (Å²) in [5, 5.41) is 0. The van der Waals surface area contributed by atoms with Gasteiger partial charge >= 0.3 is 8.80 Å². The summed E-state index contributed by atoms with van der Waals surface area (Å²) in [6, 6.07) is 0.792. The minimum Gasteiger partial charge on any atom is -0.381 e. The van der Waals surface area contributed by atoms with E-state index in [-0.39, 0.29) is 0 Å². The zero-order valence-electron chi connectivity index (χ0n) is 13.1. The highest BCUT2D eigenvalue weighted by Gasteiger charge is 2.36. The quantitative estimate of drug-likeness (QED) is 0.419. The van der Waals surface area contributed by atoms with Gasteiger partial charge in [0.1, 0.15) is 0 Å². The van der Waals surface area contributed by atoms with E-state index in [2.05, 4.69) is 4.90 Å². The molecular weight excluding hydrogens is 278 g/mol. The standard InChI is InChI=1S/C13H29NO5Si/c1-15-20(16-2,17-3)13-5-10-18-9-4-6-14-7-11-19-12-8-14/h4-13H2,1-3H3. The van der Waals surface area contributed by atoms with Crippen molar-refractivity contribution in [2.45, 2.75) is 18.9 Å². The smallest absolute Gasteiger partial charge is 0.381 e. The van der Waals surface area contributed by atoms with Crippen molar-refractivity contribution in [1.82, 2.24) is 4.90 Å². The normalized spacial score (nSPS) is 17.6. The largest absolute Gasteiger partial charge is 0.500 e. The molecule has 0 saturated carbocycles. The van der Waals surface area contributed by atoms with Crippen LogP contribution in [0.4, 0.5) is 0 Å². The van der Waals surface area contributed by atoms with Gasteiger partial charge in [-0.3, -0.25) is 4.90 Å². The van der Waals surface area contributed by atoms with E-state index >= 15 is 0 Å². The van der Waals surface area contributed by atoms with Gasteiger partial charge in [0.2, 0.25) is 0 Å². The predicted octanol–water partition coefficient (Wildman–Crippen LogP) is 0.994. The Balaban J connectivity index is 1.96. The number of morpholine rings is 1. The zero-order valence-corrected chi connectivity index (χ0v) is 14.1. The molecule has 0 N–H and O–H groups in total. The van der Waals surface area contributed by atoms with E-state index in [1.807, 2.05) is 0 Å². The number of rotatable bonds is 11. The Kier molecular flexibility index (Phi) is 9.62. The molecule has 0 bridgehead atoms. The molecular formula is C13H29NO5Si. The van der Waals surface area contributed by atoms with Crippen molar-refractivity contribution in [2.75, 3.05) is 67.4 Å². The molecule has 0 aromatic heterocycles. The van der Waals surface area contributed by atoms with Crippen LogP contribution in [-0.2, 0) is 22.8 Å². The molecule has 1 saturated heterocycles. The molecule has 0 aromatic carbocycles. The fraction of sp³-hybridized carbons (Fsp3) is 1.00. The summed E-state index contributed by atoms with van der Waals surface area (Å²) in [5.74, 6) is 0. The molecule has 0 unspecified atom stereocenters. The van der Waals surface area contributed by atoms with Gasteiger partial charge in [-0.15, -0.1) is 0 Å². The molecule has 1 aliphatic heterocycles. The average molecular weight is 307 g/mol. The lowest BCUT2D eigenvalue weighted by molar-refractivity contribution is 0.0318. The third kappa shape index (κ3) is 6.62. The first-order valence-electron chi connectivity index (χ1n) is 7.29. The summed E-state index contributed by atoms with van der Waals surface area (Å²) in [6.45, 7) is 6.44. The third-order valence-electron chi connectivity index (χ3n) is 3.57. The summed E-state index contributed by atoms with van der Waals surface area (Å²) in [5.41, 5.74) is 0. The topological polar surface area (TPSA) is 49.4 Å². The lowest BCUT2D eigenvalue weighted by Gasteiger charge is -2.26. The van der Waals surface area contributed by atoms with Gasteiger partial charge in [0, 0.05) is 60.2 Å². The summed E-state index contributed by atoms with van der Waals surface area (Å²) in [4.78, 5) is 2.42. The van der Waals surface area contributed by atoms with Crippen LogP contribution >= 0.6 is 0 Å². The van der Waals surface area contributed by atoms with Gasteiger partial charge < -0.3 is 22.8 Å². The third-order valence-corrected chi connectivity index (χ3v) is 6.40. The van der Waals surface area contributed by atoms with Crippen LogP contribution < -0.4 is 0 Å². The van der Waals surface area contributed by atoms with Crippen molar-refractivity contribution in [3.8, 4) is 0 Å². The molecule has 1 aliphatic rings. The van der Waals surface area contributed by atoms with Gasteiger partial charge in [0.15, 0.2) is 0 Å². The molecule has 0 aliphatic carbocycles. The van der Waals surface area contributed by atoms with E-state index in [4.69, 9.17) is 22.8 Å². The first-order chi connectivity index (χ1) is 9.76. The van der Waals surface area contributed by atoms with Gasteiger partial charge in [-0.1, -0.05) is 0 Å². The van der Waals surface area contributed by atoms with E-state index in [0.29, 0.717) is 0 Å². The van der Waals surface area contributed by atoms with Crippen molar-refractivity contribution >= 4 is 8.80 Å². The molecule has 7 heteroatoms. The Morgan fingerprint density at radius 3 is 2.15 bits per heavy atom. The summed E-state index contributed by atoms with van der Waals surface area (Å²) in [7, 11) is 2.51. The van der Waals surface area contributed by atoms with Gasteiger partial charge in [0.05, 0.1) is 13.2 Å². The molecule has 1 fully saturated rings. The van der Waals surface area contributed by atoms with Gasteiger partial charge in [-0.05, 0) is 12.8 Å². The van der Waals surface area contributed by atoms with Crippen LogP contribution in [0, 0.1) is 0 Å². The van der Waals surface area contributed by atoms with E-state index < -0.39 is 8.80 Å². The van der Waals surface area contributed by atoms with E-state index in [9.17, 15) is 0 Å². The highest BCUT2D eigenvalue weighted by atomic mass is 28.4. The second-order valence-electron chi connectivity index (χ2n) is 4.82. The summed E-state index contributed by atoms with van der Waals surface area (Å²) < 4.78 is 27.1. The maximum absolute atomic E-state index is 5.65. The van der Waals surface area contributed by atoms with Crippen LogP contribution in [0.2, 0.25) is 6.04 Å². The molecule has 0 amide bonds. The molecule has 6 nitrogen and oxygen atoms in total. The zero-order chi connectivity index (χ0) is 14.7. The molecule has 0 atom stereocenters. The SMILES string of the molecule is CO[Si](CCCOCCCN1CCOCC1)(OC)OC. The van der Waals surface area contributed by atoms with E-state index in [0.717, 1.165) is 64.9 Å². The van der Waals surface area contributed by atoms with Gasteiger partial charge in [0.25, 0.3) is 0 Å². The molecule has 1 heterocycles. The average Bonchev–Trinajstić information content (AvgIpc) is 2.52. The summed E-state index contributed by atoms with van der Waals surface area (Å²) >= 11 is 0. The Morgan fingerprint density at radius 2 is 1.55 bits per heavy atom. The molecule has 0 spiro atoms. The van der Waals surface area contributed by atoms with Crippen LogP contribution in [0.1, 0.15) is 12.8 Å². The second kappa shape index (κ2) is 10.7. The minimum atomic E-state index is -2.41. The maximum Gasteiger partial charge on any atom is 0.500 e. The predicted molar refractivity (Wildman–Crippen MR) is 78.9 cm³/mol. The van der Waals surface area contributed by atoms with Crippen molar-refractivity contribution in [3.05, 3.63) is 0 Å². The fourth-order valence-electron chi connectivity index (χ4n) is 2.26. The van der Waals surface area contributed by atoms with Crippen molar-refractivity contribution in [3.63, 3.8) is 0 Å². The van der Waals surface area contributed by atoms with Crippen LogP contribution in [0.3, 0.4) is 0 Å². The number of hydrogen-bond donors (Lipinski definition) is 0. The van der Waals surface area contributed by atoms with E-state index in [1.165, 1.54) is 0 Å². The highest BCUT2D eigenvalue weighted by molar-refractivity contribution is 6.60.